The first kappa shape index (κ1) is 14.4. The van der Waals surface area contributed by atoms with Crippen LogP contribution in [0.15, 0.2) is 0 Å². The average Bonchev–Trinajstić information content (AvgIpc) is 2.25. The summed E-state index contributed by atoms with van der Waals surface area (Å²) in [6, 6.07) is 0. The molecule has 1 aliphatic heterocycles. The molecule has 6 nitrogen and oxygen atoms in total. The van der Waals surface area contributed by atoms with E-state index in [1.54, 1.807) is 0 Å². The molecule has 0 aliphatic carbocycles. The van der Waals surface area contributed by atoms with Crippen LogP contribution in [0.2, 0.25) is 0 Å². The minimum Gasteiger partial charge on any atom is -0.481 e. The summed E-state index contributed by atoms with van der Waals surface area (Å²) in [6.07, 6.45) is 2.41. The molecule has 17 heavy (non-hydrogen) atoms. The number of nitrogens with zero attached hydrogens (tertiary/aromatic N) is 2. The highest BCUT2D eigenvalue weighted by molar-refractivity contribution is 7.86. The maximum absolute atomic E-state index is 12.1. The van der Waals surface area contributed by atoms with Gasteiger partial charge in [-0.2, -0.15) is 17.0 Å². The Labute approximate surface area is 102 Å². The van der Waals surface area contributed by atoms with Crippen molar-refractivity contribution in [1.29, 1.82) is 0 Å². The lowest BCUT2D eigenvalue weighted by Crippen LogP contribution is -2.50. The summed E-state index contributed by atoms with van der Waals surface area (Å²) >= 11 is 0. The molecule has 0 aromatic carbocycles. The van der Waals surface area contributed by atoms with Gasteiger partial charge < -0.3 is 5.11 Å². The smallest absolute Gasteiger partial charge is 0.304 e. The molecule has 0 spiro atoms. The van der Waals surface area contributed by atoms with Gasteiger partial charge in [-0.3, -0.25) is 4.79 Å². The third-order valence-corrected chi connectivity index (χ3v) is 4.84. The Bertz CT molecular complexity index is 355. The lowest BCUT2D eigenvalue weighted by molar-refractivity contribution is -0.137. The van der Waals surface area contributed by atoms with Crippen LogP contribution in [0, 0.1) is 0 Å². The van der Waals surface area contributed by atoms with E-state index in [2.05, 4.69) is 0 Å². The van der Waals surface area contributed by atoms with Crippen molar-refractivity contribution in [3.8, 4) is 0 Å². The molecule has 0 saturated carbocycles. The quantitative estimate of drug-likeness (QED) is 0.758. The fourth-order valence-corrected chi connectivity index (χ4v) is 3.55. The number of rotatable bonds is 6. The van der Waals surface area contributed by atoms with Crippen molar-refractivity contribution in [2.24, 2.45) is 0 Å². The molecule has 1 rings (SSSR count). The third-order valence-electron chi connectivity index (χ3n) is 2.80. The van der Waals surface area contributed by atoms with E-state index in [4.69, 9.17) is 5.11 Å². The molecule has 0 radical (unpaired) electrons. The first-order chi connectivity index (χ1) is 7.98. The molecule has 1 saturated heterocycles. The molecule has 1 heterocycles. The van der Waals surface area contributed by atoms with E-state index < -0.39 is 16.2 Å². The molecule has 0 atom stereocenters. The summed E-state index contributed by atoms with van der Waals surface area (Å²) in [5.41, 5.74) is 0. The zero-order valence-electron chi connectivity index (χ0n) is 10.1. The molecule has 0 aromatic rings. The Hall–Kier alpha value is -0.660. The van der Waals surface area contributed by atoms with Gasteiger partial charge in [0.2, 0.25) is 0 Å². The Kier molecular flexibility index (Phi) is 5.35. The predicted octanol–water partition coefficient (Wildman–Crippen LogP) is 0.514. The maximum atomic E-state index is 12.1. The van der Waals surface area contributed by atoms with Crippen LogP contribution in [0.5, 0.6) is 0 Å². The number of unbranched alkanes of at least 4 members (excludes halogenated alkanes) is 1. The van der Waals surface area contributed by atoms with E-state index in [1.165, 1.54) is 8.61 Å². The lowest BCUT2D eigenvalue weighted by atomic mass is 10.3. The van der Waals surface area contributed by atoms with Gasteiger partial charge in [-0.25, -0.2) is 0 Å². The molecular weight excluding hydrogens is 244 g/mol. The summed E-state index contributed by atoms with van der Waals surface area (Å²) in [6.45, 7) is 3.59. The monoisotopic (exact) mass is 264 g/mol. The molecule has 0 aromatic heterocycles. The van der Waals surface area contributed by atoms with Gasteiger partial charge in [-0.05, 0) is 12.8 Å². The minimum absolute atomic E-state index is 0.0697. The van der Waals surface area contributed by atoms with Crippen molar-refractivity contribution in [3.05, 3.63) is 0 Å². The van der Waals surface area contributed by atoms with Crippen molar-refractivity contribution in [3.63, 3.8) is 0 Å². The van der Waals surface area contributed by atoms with E-state index >= 15 is 0 Å². The minimum atomic E-state index is -3.43. The number of carbonyl (C=O) groups is 1. The van der Waals surface area contributed by atoms with Crippen LogP contribution in [-0.4, -0.2) is 54.3 Å². The first-order valence-corrected chi connectivity index (χ1v) is 7.35. The topological polar surface area (TPSA) is 77.9 Å². The highest BCUT2D eigenvalue weighted by Gasteiger charge is 2.32. The lowest BCUT2D eigenvalue weighted by Gasteiger charge is -2.34. The number of aliphatic carboxylic acids is 1. The molecular formula is C10H20N2O4S. The van der Waals surface area contributed by atoms with E-state index in [9.17, 15) is 13.2 Å². The van der Waals surface area contributed by atoms with Gasteiger partial charge >= 0.3 is 5.97 Å². The van der Waals surface area contributed by atoms with Crippen LogP contribution >= 0.6 is 0 Å². The summed E-state index contributed by atoms with van der Waals surface area (Å²) in [5.74, 6) is -0.967. The van der Waals surface area contributed by atoms with Crippen molar-refractivity contribution in [1.82, 2.24) is 8.61 Å². The second-order valence-corrected chi connectivity index (χ2v) is 6.09. The standard InChI is InChI=1S/C10H20N2O4S/c1-2-3-6-11-7-4-8-12(17(11,15)16)9-5-10(13)14/h2-9H2,1H3,(H,13,14). The summed E-state index contributed by atoms with van der Waals surface area (Å²) in [7, 11) is -3.43. The fraction of sp³-hybridized carbons (Fsp3) is 0.900. The Balaban J connectivity index is 2.63. The zero-order valence-corrected chi connectivity index (χ0v) is 10.9. The molecule has 7 heteroatoms. The third kappa shape index (κ3) is 3.93. The molecule has 1 N–H and O–H groups in total. The second kappa shape index (κ2) is 6.32. The number of hydrogen-bond donors (Lipinski definition) is 1. The second-order valence-electron chi connectivity index (χ2n) is 4.16. The van der Waals surface area contributed by atoms with E-state index in [1.807, 2.05) is 6.92 Å². The molecule has 1 fully saturated rings. The van der Waals surface area contributed by atoms with Crippen LogP contribution in [0.4, 0.5) is 0 Å². The van der Waals surface area contributed by atoms with Gasteiger partial charge in [0.1, 0.15) is 0 Å². The van der Waals surface area contributed by atoms with Crippen LogP contribution in [0.25, 0.3) is 0 Å². The van der Waals surface area contributed by atoms with Crippen molar-refractivity contribution < 1.29 is 18.3 Å². The van der Waals surface area contributed by atoms with Gasteiger partial charge in [0.15, 0.2) is 0 Å². The Morgan fingerprint density at radius 3 is 2.35 bits per heavy atom. The summed E-state index contributed by atoms with van der Waals surface area (Å²) in [4.78, 5) is 10.5. The number of hydrogen-bond acceptors (Lipinski definition) is 3. The summed E-state index contributed by atoms with van der Waals surface area (Å²) < 4.78 is 26.9. The van der Waals surface area contributed by atoms with Crippen LogP contribution in [-0.2, 0) is 15.0 Å². The average molecular weight is 264 g/mol. The van der Waals surface area contributed by atoms with E-state index in [0.29, 0.717) is 19.6 Å². The van der Waals surface area contributed by atoms with E-state index in [-0.39, 0.29) is 13.0 Å². The normalized spacial score (nSPS) is 21.5. The van der Waals surface area contributed by atoms with Crippen molar-refractivity contribution in [2.75, 3.05) is 26.2 Å². The Morgan fingerprint density at radius 2 is 1.82 bits per heavy atom. The van der Waals surface area contributed by atoms with Crippen LogP contribution in [0.3, 0.4) is 0 Å². The highest BCUT2D eigenvalue weighted by atomic mass is 32.2. The molecule has 1 aliphatic rings. The molecule has 0 unspecified atom stereocenters. The largest absolute Gasteiger partial charge is 0.481 e. The summed E-state index contributed by atoms with van der Waals surface area (Å²) in [5, 5.41) is 8.59. The Morgan fingerprint density at radius 1 is 1.24 bits per heavy atom. The van der Waals surface area contributed by atoms with Gasteiger partial charge in [-0.1, -0.05) is 13.3 Å². The molecule has 100 valence electrons. The van der Waals surface area contributed by atoms with Crippen molar-refractivity contribution in [2.45, 2.75) is 32.6 Å². The maximum Gasteiger partial charge on any atom is 0.304 e. The van der Waals surface area contributed by atoms with E-state index in [0.717, 1.165) is 19.3 Å². The molecule has 0 amide bonds. The predicted molar refractivity (Wildman–Crippen MR) is 63.8 cm³/mol. The van der Waals surface area contributed by atoms with Gasteiger partial charge in [0.05, 0.1) is 6.42 Å². The van der Waals surface area contributed by atoms with Gasteiger partial charge in [-0.15, -0.1) is 0 Å². The highest BCUT2D eigenvalue weighted by Crippen LogP contribution is 2.17. The van der Waals surface area contributed by atoms with Crippen LogP contribution < -0.4 is 0 Å². The van der Waals surface area contributed by atoms with Crippen molar-refractivity contribution >= 4 is 16.2 Å². The van der Waals surface area contributed by atoms with Gasteiger partial charge in [0, 0.05) is 26.2 Å². The molecule has 0 bridgehead atoms. The SMILES string of the molecule is CCCCN1CCCN(CCC(=O)O)S1(=O)=O. The number of carboxylic acid groups (broad SMARTS) is 1. The zero-order chi connectivity index (χ0) is 12.9. The first-order valence-electron chi connectivity index (χ1n) is 5.95. The number of carboxylic acids is 1. The van der Waals surface area contributed by atoms with Crippen LogP contribution in [0.1, 0.15) is 32.6 Å². The fourth-order valence-electron chi connectivity index (χ4n) is 1.83. The van der Waals surface area contributed by atoms with Gasteiger partial charge in [0.25, 0.3) is 10.2 Å².